The fourth-order valence-electron chi connectivity index (χ4n) is 0.835. The molecule has 0 atom stereocenters. The topological polar surface area (TPSA) is 83.2 Å². The molecule has 2 N–H and O–H groups in total. The molecule has 68 valence electrons. The fourth-order valence-corrected chi connectivity index (χ4v) is 1.33. The van der Waals surface area contributed by atoms with Gasteiger partial charge in [0.25, 0.3) is 0 Å². The number of carbonyl (C=O) groups is 2. The largest absolute Gasteiger partial charge is 1.00 e. The summed E-state index contributed by atoms with van der Waals surface area (Å²) in [7, 11) is 0. The van der Waals surface area contributed by atoms with Crippen LogP contribution < -0.4 is 62.2 Å². The summed E-state index contributed by atoms with van der Waals surface area (Å²) in [5.41, 5.74) is 5.54. The van der Waals surface area contributed by atoms with Gasteiger partial charge in [0, 0.05) is 14.8 Å². The molecule has 0 saturated carbocycles. The number of carboxylic acids is 1. The van der Waals surface area contributed by atoms with Crippen LogP contribution in [0.15, 0.2) is 18.2 Å². The van der Waals surface area contributed by atoms with Gasteiger partial charge in [0.1, 0.15) is 5.97 Å². The zero-order valence-corrected chi connectivity index (χ0v) is 12.7. The van der Waals surface area contributed by atoms with E-state index < -0.39 is 11.8 Å². The van der Waals surface area contributed by atoms with Crippen molar-refractivity contribution in [1.29, 1.82) is 0 Å². The van der Waals surface area contributed by atoms with Gasteiger partial charge >= 0.3 is 51.4 Å². The number of Topliss-reactive ketones (excluding diaryl/α,β-unsaturated/α-hetero) is 1. The van der Waals surface area contributed by atoms with Crippen molar-refractivity contribution in [3.8, 4) is 0 Å². The Bertz CT molecular complexity index is 381. The second kappa shape index (κ2) is 6.18. The number of anilines is 1. The maximum atomic E-state index is 11.0. The summed E-state index contributed by atoms with van der Waals surface area (Å²) in [6.45, 7) is 0. The molecule has 0 amide bonds. The van der Waals surface area contributed by atoms with Crippen molar-refractivity contribution >= 4 is 40.0 Å². The molecule has 0 bridgehead atoms. The van der Waals surface area contributed by atoms with Crippen LogP contribution in [0.5, 0.6) is 0 Å². The number of nitrogens with two attached hydrogens (primary N) is 1. The number of carbonyl (C=O) groups excluding carboxylic acids is 2. The van der Waals surface area contributed by atoms with Crippen LogP contribution >= 0.6 is 22.6 Å². The summed E-state index contributed by atoms with van der Waals surface area (Å²) >= 11 is 1.96. The molecule has 0 aliphatic rings. The molecule has 0 radical (unpaired) electrons. The zero-order chi connectivity index (χ0) is 10.0. The SMILES string of the molecule is Nc1ccc(I)cc1C(=O)C(=O)[O-].[K+]. The molecule has 0 unspecified atom stereocenters. The molecule has 0 saturated heterocycles. The number of hydrogen-bond donors (Lipinski definition) is 1. The first kappa shape index (κ1) is 14.5. The Morgan fingerprint density at radius 3 is 2.43 bits per heavy atom. The molecule has 0 aromatic heterocycles. The monoisotopic (exact) mass is 329 g/mol. The number of aliphatic carboxylic acids is 1. The Labute approximate surface area is 137 Å². The van der Waals surface area contributed by atoms with Gasteiger partial charge in [0.15, 0.2) is 0 Å². The maximum Gasteiger partial charge on any atom is 1.00 e. The molecule has 0 aliphatic carbocycles. The number of rotatable bonds is 2. The van der Waals surface area contributed by atoms with Crippen LogP contribution in [-0.2, 0) is 4.79 Å². The number of ketones is 1. The molecule has 1 rings (SSSR count). The van der Waals surface area contributed by atoms with Crippen LogP contribution in [0.4, 0.5) is 5.69 Å². The first-order chi connectivity index (χ1) is 6.02. The van der Waals surface area contributed by atoms with Gasteiger partial charge in [-0.15, -0.1) is 0 Å². The summed E-state index contributed by atoms with van der Waals surface area (Å²) in [4.78, 5) is 21.2. The second-order valence-corrected chi connectivity index (χ2v) is 3.59. The van der Waals surface area contributed by atoms with E-state index in [4.69, 9.17) is 5.73 Å². The van der Waals surface area contributed by atoms with Crippen LogP contribution in [0.2, 0.25) is 0 Å². The number of carboxylic acid groups (broad SMARTS) is 1. The van der Waals surface area contributed by atoms with Crippen molar-refractivity contribution in [2.24, 2.45) is 0 Å². The minimum atomic E-state index is -1.74. The quantitative estimate of drug-likeness (QED) is 0.204. The summed E-state index contributed by atoms with van der Waals surface area (Å²) in [6, 6.07) is 4.58. The van der Waals surface area contributed by atoms with E-state index in [1.54, 1.807) is 6.07 Å². The second-order valence-electron chi connectivity index (χ2n) is 2.35. The van der Waals surface area contributed by atoms with Crippen molar-refractivity contribution in [3.05, 3.63) is 27.3 Å². The third-order valence-electron chi connectivity index (χ3n) is 1.45. The van der Waals surface area contributed by atoms with E-state index in [1.807, 2.05) is 22.6 Å². The van der Waals surface area contributed by atoms with Crippen LogP contribution in [-0.4, -0.2) is 11.8 Å². The van der Waals surface area contributed by atoms with Gasteiger partial charge in [-0.2, -0.15) is 0 Å². The molecule has 1 aromatic carbocycles. The Balaban J connectivity index is 0.00000169. The summed E-state index contributed by atoms with van der Waals surface area (Å²) < 4.78 is 0.747. The van der Waals surface area contributed by atoms with Crippen molar-refractivity contribution in [1.82, 2.24) is 0 Å². The van der Waals surface area contributed by atoms with Crippen molar-refractivity contribution < 1.29 is 66.1 Å². The molecule has 4 nitrogen and oxygen atoms in total. The average Bonchev–Trinajstić information content (AvgIpc) is 2.08. The van der Waals surface area contributed by atoms with Crippen molar-refractivity contribution in [2.75, 3.05) is 5.73 Å². The standard InChI is InChI=1S/C8H6INO3.K/c9-4-1-2-6(10)5(3-4)7(11)8(12)13;/h1-3H,10H2,(H,12,13);/q;+1/p-1. The molecule has 0 heterocycles. The van der Waals surface area contributed by atoms with Gasteiger partial charge in [-0.05, 0) is 40.8 Å². The number of hydrogen-bond acceptors (Lipinski definition) is 4. The van der Waals surface area contributed by atoms with E-state index in [0.717, 1.165) is 3.57 Å². The molecular weight excluding hydrogens is 324 g/mol. The summed E-state index contributed by atoms with van der Waals surface area (Å²) in [6.07, 6.45) is 0. The van der Waals surface area contributed by atoms with Gasteiger partial charge in [-0.1, -0.05) is 0 Å². The Morgan fingerprint density at radius 2 is 1.93 bits per heavy atom. The van der Waals surface area contributed by atoms with Crippen molar-refractivity contribution in [2.45, 2.75) is 0 Å². The van der Waals surface area contributed by atoms with E-state index >= 15 is 0 Å². The number of halogens is 1. The van der Waals surface area contributed by atoms with E-state index in [2.05, 4.69) is 0 Å². The molecule has 14 heavy (non-hydrogen) atoms. The predicted molar refractivity (Wildman–Crippen MR) is 52.9 cm³/mol. The van der Waals surface area contributed by atoms with E-state index in [-0.39, 0.29) is 62.6 Å². The van der Waals surface area contributed by atoms with Gasteiger partial charge in [-0.3, -0.25) is 4.79 Å². The Kier molecular flexibility index (Phi) is 6.42. The van der Waals surface area contributed by atoms with Gasteiger partial charge in [-0.25, -0.2) is 0 Å². The Hall–Kier alpha value is 0.526. The van der Waals surface area contributed by atoms with Gasteiger partial charge < -0.3 is 15.6 Å². The molecule has 0 aliphatic heterocycles. The molecular formula is C8H5IKNO3. The maximum absolute atomic E-state index is 11.0. The van der Waals surface area contributed by atoms with E-state index in [9.17, 15) is 14.7 Å². The predicted octanol–water partition coefficient (Wildman–Crippen LogP) is -3.19. The third kappa shape index (κ3) is 3.59. The zero-order valence-electron chi connectivity index (χ0n) is 7.41. The van der Waals surface area contributed by atoms with Crippen LogP contribution in [0, 0.1) is 3.57 Å². The van der Waals surface area contributed by atoms with Gasteiger partial charge in [0.2, 0.25) is 5.78 Å². The van der Waals surface area contributed by atoms with Crippen molar-refractivity contribution in [3.63, 3.8) is 0 Å². The molecule has 6 heteroatoms. The molecule has 0 spiro atoms. The van der Waals surface area contributed by atoms with E-state index in [0.29, 0.717) is 0 Å². The summed E-state index contributed by atoms with van der Waals surface area (Å²) in [5.74, 6) is -2.83. The minimum absolute atomic E-state index is 0. The van der Waals surface area contributed by atoms with Crippen LogP contribution in [0.25, 0.3) is 0 Å². The van der Waals surface area contributed by atoms with Gasteiger partial charge in [0.05, 0.1) is 0 Å². The number of benzene rings is 1. The summed E-state index contributed by atoms with van der Waals surface area (Å²) in [5, 5.41) is 10.2. The van der Waals surface area contributed by atoms with Crippen LogP contribution in [0.3, 0.4) is 0 Å². The smallest absolute Gasteiger partial charge is 0.541 e. The first-order valence-corrected chi connectivity index (χ1v) is 4.41. The average molecular weight is 329 g/mol. The first-order valence-electron chi connectivity index (χ1n) is 3.33. The minimum Gasteiger partial charge on any atom is -0.541 e. The number of nitrogen functional groups attached to an aromatic ring is 1. The third-order valence-corrected chi connectivity index (χ3v) is 2.12. The van der Waals surface area contributed by atoms with E-state index in [1.165, 1.54) is 12.1 Å². The Morgan fingerprint density at radius 1 is 1.36 bits per heavy atom. The fraction of sp³-hybridized carbons (Fsp3) is 0. The molecule has 1 aromatic rings. The normalized spacial score (nSPS) is 8.93. The van der Waals surface area contributed by atoms with Crippen LogP contribution in [0.1, 0.15) is 10.4 Å². The molecule has 0 fully saturated rings.